The average Bonchev–Trinajstić information content (AvgIpc) is 2.25. The van der Waals surface area contributed by atoms with Gasteiger partial charge in [-0.3, -0.25) is 0 Å². The summed E-state index contributed by atoms with van der Waals surface area (Å²) < 4.78 is 18.4. The molecule has 0 atom stereocenters. The molecular formula is C13H11ClFNO. The summed E-state index contributed by atoms with van der Waals surface area (Å²) in [5.41, 5.74) is 7.37. The van der Waals surface area contributed by atoms with Crippen molar-refractivity contribution in [3.05, 3.63) is 52.8 Å². The first-order chi connectivity index (χ1) is 8.06. The topological polar surface area (TPSA) is 35.2 Å². The van der Waals surface area contributed by atoms with E-state index in [-0.39, 0.29) is 5.02 Å². The molecule has 0 saturated heterocycles. The molecule has 0 aliphatic heterocycles. The number of halogens is 2. The van der Waals surface area contributed by atoms with E-state index < -0.39 is 5.82 Å². The lowest BCUT2D eigenvalue weighted by atomic mass is 10.2. The zero-order valence-electron chi connectivity index (χ0n) is 9.21. The Labute approximate surface area is 104 Å². The second-order valence-corrected chi connectivity index (χ2v) is 4.13. The molecule has 0 fully saturated rings. The van der Waals surface area contributed by atoms with Crippen molar-refractivity contribution in [3.8, 4) is 11.5 Å². The normalized spacial score (nSPS) is 10.3. The summed E-state index contributed by atoms with van der Waals surface area (Å²) in [5.74, 6) is 0.479. The molecular weight excluding hydrogens is 241 g/mol. The first-order valence-electron chi connectivity index (χ1n) is 5.05. The molecule has 0 aliphatic rings. The van der Waals surface area contributed by atoms with E-state index in [1.165, 1.54) is 18.2 Å². The van der Waals surface area contributed by atoms with Gasteiger partial charge in [0, 0.05) is 0 Å². The number of aryl methyl sites for hydroxylation is 1. The van der Waals surface area contributed by atoms with Gasteiger partial charge < -0.3 is 10.5 Å². The van der Waals surface area contributed by atoms with Crippen LogP contribution in [-0.2, 0) is 0 Å². The second-order valence-electron chi connectivity index (χ2n) is 3.72. The maximum Gasteiger partial charge on any atom is 0.150 e. The Morgan fingerprint density at radius 1 is 1.12 bits per heavy atom. The van der Waals surface area contributed by atoms with Gasteiger partial charge in [-0.05, 0) is 42.8 Å². The molecule has 0 bridgehead atoms. The van der Waals surface area contributed by atoms with Crippen LogP contribution in [0.25, 0.3) is 0 Å². The van der Waals surface area contributed by atoms with Crippen molar-refractivity contribution < 1.29 is 9.13 Å². The predicted octanol–water partition coefficient (Wildman–Crippen LogP) is 4.16. The Bertz CT molecular complexity index is 508. The van der Waals surface area contributed by atoms with E-state index in [4.69, 9.17) is 22.1 Å². The lowest BCUT2D eigenvalue weighted by molar-refractivity contribution is 0.483. The number of ether oxygens (including phenoxy) is 1. The van der Waals surface area contributed by atoms with Crippen molar-refractivity contribution in [2.45, 2.75) is 6.92 Å². The van der Waals surface area contributed by atoms with E-state index in [1.54, 1.807) is 12.1 Å². The molecule has 0 radical (unpaired) electrons. The molecule has 2 nitrogen and oxygen atoms in total. The van der Waals surface area contributed by atoms with Crippen molar-refractivity contribution in [1.82, 2.24) is 0 Å². The van der Waals surface area contributed by atoms with Gasteiger partial charge in [0.2, 0.25) is 0 Å². The summed E-state index contributed by atoms with van der Waals surface area (Å²) in [5, 5.41) is 0.213. The second kappa shape index (κ2) is 4.63. The molecule has 0 aliphatic carbocycles. The first-order valence-corrected chi connectivity index (χ1v) is 5.43. The van der Waals surface area contributed by atoms with E-state index in [2.05, 4.69) is 0 Å². The number of nitrogens with two attached hydrogens (primary N) is 1. The fourth-order valence-electron chi connectivity index (χ4n) is 1.44. The highest BCUT2D eigenvalue weighted by molar-refractivity contribution is 6.32. The number of benzene rings is 2. The van der Waals surface area contributed by atoms with Crippen molar-refractivity contribution in [3.63, 3.8) is 0 Å². The molecule has 0 spiro atoms. The van der Waals surface area contributed by atoms with Crippen LogP contribution in [0.3, 0.4) is 0 Å². The van der Waals surface area contributed by atoms with Crippen LogP contribution in [0.15, 0.2) is 36.4 Å². The predicted molar refractivity (Wildman–Crippen MR) is 67.1 cm³/mol. The highest BCUT2D eigenvalue weighted by atomic mass is 35.5. The molecule has 0 heterocycles. The zero-order chi connectivity index (χ0) is 12.4. The maximum absolute atomic E-state index is 12.9. The molecule has 0 aromatic heterocycles. The minimum atomic E-state index is -0.403. The highest BCUT2D eigenvalue weighted by Crippen LogP contribution is 2.33. The van der Waals surface area contributed by atoms with Gasteiger partial charge in [-0.15, -0.1) is 0 Å². The first kappa shape index (κ1) is 11.7. The highest BCUT2D eigenvalue weighted by Gasteiger charge is 2.06. The van der Waals surface area contributed by atoms with Gasteiger partial charge in [0.25, 0.3) is 0 Å². The summed E-state index contributed by atoms with van der Waals surface area (Å²) >= 11 is 5.86. The Balaban J connectivity index is 2.31. The monoisotopic (exact) mass is 251 g/mol. The van der Waals surface area contributed by atoms with E-state index in [0.29, 0.717) is 17.2 Å². The standard InChI is InChI=1S/C13H11ClFNO/c1-8-2-4-13(11(16)6-8)17-12-5-3-9(15)7-10(12)14/h2-7H,16H2,1H3. The number of nitrogen functional groups attached to an aromatic ring is 1. The third-order valence-electron chi connectivity index (χ3n) is 2.28. The summed E-state index contributed by atoms with van der Waals surface area (Å²) in [6.45, 7) is 1.94. The largest absolute Gasteiger partial charge is 0.454 e. The van der Waals surface area contributed by atoms with Gasteiger partial charge in [-0.1, -0.05) is 17.7 Å². The van der Waals surface area contributed by atoms with Crippen LogP contribution in [0.1, 0.15) is 5.56 Å². The average molecular weight is 252 g/mol. The molecule has 0 saturated carbocycles. The quantitative estimate of drug-likeness (QED) is 0.814. The molecule has 88 valence electrons. The Hall–Kier alpha value is -1.74. The Morgan fingerprint density at radius 3 is 2.47 bits per heavy atom. The van der Waals surface area contributed by atoms with Crippen LogP contribution in [0.5, 0.6) is 11.5 Å². The molecule has 2 aromatic rings. The van der Waals surface area contributed by atoms with E-state index in [9.17, 15) is 4.39 Å². The van der Waals surface area contributed by atoms with Gasteiger partial charge >= 0.3 is 0 Å². The minimum absolute atomic E-state index is 0.213. The van der Waals surface area contributed by atoms with E-state index in [0.717, 1.165) is 5.56 Å². The van der Waals surface area contributed by atoms with Crippen molar-refractivity contribution in [2.75, 3.05) is 5.73 Å². The SMILES string of the molecule is Cc1ccc(Oc2ccc(F)cc2Cl)c(N)c1. The third-order valence-corrected chi connectivity index (χ3v) is 2.57. The lowest BCUT2D eigenvalue weighted by Crippen LogP contribution is -1.93. The third kappa shape index (κ3) is 2.68. The van der Waals surface area contributed by atoms with E-state index in [1.807, 2.05) is 13.0 Å². The van der Waals surface area contributed by atoms with Gasteiger partial charge in [0.1, 0.15) is 17.3 Å². The van der Waals surface area contributed by atoms with E-state index >= 15 is 0 Å². The van der Waals surface area contributed by atoms with Crippen molar-refractivity contribution in [2.24, 2.45) is 0 Å². The van der Waals surface area contributed by atoms with Gasteiger partial charge in [-0.25, -0.2) is 4.39 Å². The molecule has 2 N–H and O–H groups in total. The fourth-order valence-corrected chi connectivity index (χ4v) is 1.64. The number of rotatable bonds is 2. The minimum Gasteiger partial charge on any atom is -0.454 e. The summed E-state index contributed by atoms with van der Waals surface area (Å²) in [7, 11) is 0. The van der Waals surface area contributed by atoms with Crippen LogP contribution in [-0.4, -0.2) is 0 Å². The van der Waals surface area contributed by atoms with Crippen LogP contribution in [0.2, 0.25) is 5.02 Å². The summed E-state index contributed by atoms with van der Waals surface area (Å²) in [4.78, 5) is 0. The van der Waals surface area contributed by atoms with Gasteiger partial charge in [-0.2, -0.15) is 0 Å². The maximum atomic E-state index is 12.9. The van der Waals surface area contributed by atoms with Crippen LogP contribution < -0.4 is 10.5 Å². The molecule has 2 aromatic carbocycles. The number of hydrogen-bond donors (Lipinski definition) is 1. The number of anilines is 1. The smallest absolute Gasteiger partial charge is 0.150 e. The Kier molecular flexibility index (Phi) is 3.20. The van der Waals surface area contributed by atoms with Crippen molar-refractivity contribution >= 4 is 17.3 Å². The van der Waals surface area contributed by atoms with Crippen molar-refractivity contribution in [1.29, 1.82) is 0 Å². The van der Waals surface area contributed by atoms with Gasteiger partial charge in [0.15, 0.2) is 0 Å². The van der Waals surface area contributed by atoms with Crippen LogP contribution in [0, 0.1) is 12.7 Å². The fraction of sp³-hybridized carbons (Fsp3) is 0.0769. The molecule has 0 unspecified atom stereocenters. The van der Waals surface area contributed by atoms with Crippen LogP contribution in [0.4, 0.5) is 10.1 Å². The molecule has 2 rings (SSSR count). The molecule has 0 amide bonds. The molecule has 4 heteroatoms. The summed E-state index contributed by atoms with van der Waals surface area (Å²) in [6.07, 6.45) is 0. The lowest BCUT2D eigenvalue weighted by Gasteiger charge is -2.10. The van der Waals surface area contributed by atoms with Crippen LogP contribution >= 0.6 is 11.6 Å². The molecule has 17 heavy (non-hydrogen) atoms. The number of hydrogen-bond acceptors (Lipinski definition) is 2. The van der Waals surface area contributed by atoms with Gasteiger partial charge in [0.05, 0.1) is 10.7 Å². The summed E-state index contributed by atoms with van der Waals surface area (Å²) in [6, 6.07) is 9.38. The Morgan fingerprint density at radius 2 is 1.82 bits per heavy atom. The zero-order valence-corrected chi connectivity index (χ0v) is 9.96.